The molecule has 7 nitrogen and oxygen atoms in total. The van der Waals surface area contributed by atoms with Gasteiger partial charge in [0.1, 0.15) is 5.82 Å². The first kappa shape index (κ1) is 22.5. The first-order valence-electron chi connectivity index (χ1n) is 10.3. The number of hydrogen-bond acceptors (Lipinski definition) is 6. The summed E-state index contributed by atoms with van der Waals surface area (Å²) in [4.78, 5) is 20.9. The van der Waals surface area contributed by atoms with Gasteiger partial charge in [0.05, 0.1) is 30.9 Å². The number of rotatable bonds is 4. The van der Waals surface area contributed by atoms with Gasteiger partial charge in [0.2, 0.25) is 0 Å². The minimum Gasteiger partial charge on any atom is -0.493 e. The molecule has 1 aromatic heterocycles. The molecule has 10 heteroatoms. The van der Waals surface area contributed by atoms with Crippen LogP contribution in [0.4, 0.5) is 24.7 Å². The molecule has 0 bridgehead atoms. The smallest absolute Gasteiger partial charge is 0.417 e. The van der Waals surface area contributed by atoms with Crippen LogP contribution in [0.3, 0.4) is 0 Å². The Labute approximate surface area is 188 Å². The summed E-state index contributed by atoms with van der Waals surface area (Å²) in [6.45, 7) is 1.34. The first-order valence-corrected chi connectivity index (χ1v) is 10.3. The molecule has 2 N–H and O–H groups in total. The second-order valence-electron chi connectivity index (χ2n) is 7.62. The van der Waals surface area contributed by atoms with Crippen molar-refractivity contribution in [3.63, 3.8) is 0 Å². The molecule has 0 spiro atoms. The van der Waals surface area contributed by atoms with Crippen LogP contribution in [0.1, 0.15) is 15.9 Å². The molecular formula is C23H23F3N4O3. The molecular weight excluding hydrogens is 437 g/mol. The number of anilines is 2. The largest absolute Gasteiger partial charge is 0.493 e. The molecule has 33 heavy (non-hydrogen) atoms. The molecule has 0 radical (unpaired) electrons. The summed E-state index contributed by atoms with van der Waals surface area (Å²) < 4.78 is 50.6. The molecule has 2 heterocycles. The van der Waals surface area contributed by atoms with Crippen molar-refractivity contribution in [1.29, 1.82) is 0 Å². The average Bonchev–Trinajstić information content (AvgIpc) is 2.82. The van der Waals surface area contributed by atoms with Gasteiger partial charge in [-0.05, 0) is 18.2 Å². The molecule has 174 valence electrons. The molecule has 0 aliphatic carbocycles. The van der Waals surface area contributed by atoms with E-state index in [1.807, 2.05) is 4.90 Å². The van der Waals surface area contributed by atoms with Crippen LogP contribution in [0.15, 0.2) is 42.5 Å². The number of nitrogens with two attached hydrogens (primary N) is 1. The van der Waals surface area contributed by atoms with E-state index in [0.717, 1.165) is 6.07 Å². The second-order valence-corrected chi connectivity index (χ2v) is 7.62. The summed E-state index contributed by atoms with van der Waals surface area (Å²) in [5.74, 6) is 1.05. The predicted octanol–water partition coefficient (Wildman–Crippen LogP) is 3.82. The topological polar surface area (TPSA) is 80.9 Å². The Morgan fingerprint density at radius 3 is 2.27 bits per heavy atom. The normalized spacial score (nSPS) is 14.5. The fourth-order valence-electron chi connectivity index (χ4n) is 3.95. The Bertz CT molecular complexity index is 1190. The van der Waals surface area contributed by atoms with Crippen molar-refractivity contribution in [2.75, 3.05) is 51.0 Å². The van der Waals surface area contributed by atoms with Crippen molar-refractivity contribution in [3.05, 3.63) is 53.6 Å². The van der Waals surface area contributed by atoms with Gasteiger partial charge in [0, 0.05) is 49.4 Å². The lowest BCUT2D eigenvalue weighted by atomic mass is 10.1. The highest BCUT2D eigenvalue weighted by Crippen LogP contribution is 2.36. The molecule has 1 aliphatic rings. The van der Waals surface area contributed by atoms with Gasteiger partial charge >= 0.3 is 6.18 Å². The van der Waals surface area contributed by atoms with Gasteiger partial charge in [-0.25, -0.2) is 4.98 Å². The van der Waals surface area contributed by atoms with Gasteiger partial charge in [-0.1, -0.05) is 12.1 Å². The van der Waals surface area contributed by atoms with Gasteiger partial charge in [-0.3, -0.25) is 4.79 Å². The van der Waals surface area contributed by atoms with E-state index >= 15 is 0 Å². The number of piperazine rings is 1. The summed E-state index contributed by atoms with van der Waals surface area (Å²) >= 11 is 0. The highest BCUT2D eigenvalue weighted by molar-refractivity contribution is 5.96. The average molecular weight is 460 g/mol. The monoisotopic (exact) mass is 460 g/mol. The van der Waals surface area contributed by atoms with Gasteiger partial charge in [-0.15, -0.1) is 0 Å². The third kappa shape index (κ3) is 4.33. The molecule has 0 unspecified atom stereocenters. The Morgan fingerprint density at radius 1 is 1.00 bits per heavy atom. The molecule has 0 saturated carbocycles. The van der Waals surface area contributed by atoms with Crippen molar-refractivity contribution in [2.45, 2.75) is 6.18 Å². The molecule has 1 saturated heterocycles. The lowest BCUT2D eigenvalue weighted by molar-refractivity contribution is -0.138. The van der Waals surface area contributed by atoms with Gasteiger partial charge in [-0.2, -0.15) is 13.2 Å². The zero-order valence-electron chi connectivity index (χ0n) is 18.1. The van der Waals surface area contributed by atoms with Crippen LogP contribution in [-0.2, 0) is 6.18 Å². The zero-order valence-corrected chi connectivity index (χ0v) is 18.1. The van der Waals surface area contributed by atoms with E-state index in [-0.39, 0.29) is 18.7 Å². The molecule has 4 rings (SSSR count). The number of alkyl halides is 3. The van der Waals surface area contributed by atoms with Crippen LogP contribution in [0.2, 0.25) is 0 Å². The maximum Gasteiger partial charge on any atom is 0.417 e. The van der Waals surface area contributed by atoms with E-state index in [9.17, 15) is 18.0 Å². The number of pyridine rings is 1. The number of fused-ring (bicyclic) bond motifs is 1. The number of methoxy groups -OCH3 is 2. The van der Waals surface area contributed by atoms with E-state index in [1.54, 1.807) is 18.2 Å². The highest BCUT2D eigenvalue weighted by atomic mass is 19.4. The predicted molar refractivity (Wildman–Crippen MR) is 119 cm³/mol. The Balaban J connectivity index is 1.54. The first-order chi connectivity index (χ1) is 15.7. The lowest BCUT2D eigenvalue weighted by Crippen LogP contribution is -2.49. The van der Waals surface area contributed by atoms with Crippen molar-refractivity contribution < 1.29 is 27.4 Å². The molecule has 1 fully saturated rings. The SMILES string of the molecule is COc1cc2nc(N3CCN(C(=O)c4ccccc4C(F)(F)F)CC3)cc(N)c2cc1OC. The standard InChI is InChI=1S/C23H23F3N4O3/c1-32-19-11-15-17(27)12-21(28-18(15)13-20(19)33-2)29-7-9-30(10-8-29)22(31)14-5-3-4-6-16(14)23(24,25)26/h3-6,11-13H,7-10H2,1-2H3,(H2,27,28). The Morgan fingerprint density at radius 2 is 1.64 bits per heavy atom. The molecule has 0 atom stereocenters. The van der Waals surface area contributed by atoms with E-state index in [2.05, 4.69) is 4.98 Å². The Kier molecular flexibility index (Phi) is 5.92. The van der Waals surface area contributed by atoms with Crippen LogP contribution in [0.25, 0.3) is 10.9 Å². The van der Waals surface area contributed by atoms with Gasteiger partial charge in [0.25, 0.3) is 5.91 Å². The lowest BCUT2D eigenvalue weighted by Gasteiger charge is -2.36. The maximum absolute atomic E-state index is 13.3. The molecule has 3 aromatic rings. The summed E-state index contributed by atoms with van der Waals surface area (Å²) in [5.41, 5.74) is 6.12. The highest BCUT2D eigenvalue weighted by Gasteiger charge is 2.36. The van der Waals surface area contributed by atoms with Crippen LogP contribution in [0, 0.1) is 0 Å². The van der Waals surface area contributed by atoms with Crippen LogP contribution in [-0.4, -0.2) is 56.2 Å². The van der Waals surface area contributed by atoms with Crippen LogP contribution < -0.4 is 20.1 Å². The number of ether oxygens (including phenoxy) is 2. The summed E-state index contributed by atoms with van der Waals surface area (Å²) in [5, 5.41) is 0.717. The van der Waals surface area contributed by atoms with E-state index < -0.39 is 17.6 Å². The zero-order chi connectivity index (χ0) is 23.8. The summed E-state index contributed by atoms with van der Waals surface area (Å²) in [6, 6.07) is 10.1. The third-order valence-corrected chi connectivity index (χ3v) is 5.69. The Hall–Kier alpha value is -3.69. The van der Waals surface area contributed by atoms with Gasteiger partial charge in [0.15, 0.2) is 11.5 Å². The number of amides is 1. The van der Waals surface area contributed by atoms with Gasteiger partial charge < -0.3 is 25.0 Å². The van der Waals surface area contributed by atoms with E-state index in [4.69, 9.17) is 15.2 Å². The van der Waals surface area contributed by atoms with Crippen LogP contribution in [0.5, 0.6) is 11.5 Å². The number of hydrogen-bond donors (Lipinski definition) is 1. The number of carbonyl (C=O) groups is 1. The van der Waals surface area contributed by atoms with Crippen molar-refractivity contribution in [1.82, 2.24) is 9.88 Å². The van der Waals surface area contributed by atoms with Crippen molar-refractivity contribution >= 4 is 28.3 Å². The van der Waals surface area contributed by atoms with E-state index in [1.165, 1.54) is 37.3 Å². The number of nitrogen functional groups attached to an aromatic ring is 1. The number of halogens is 3. The summed E-state index contributed by atoms with van der Waals surface area (Å²) in [7, 11) is 3.07. The van der Waals surface area contributed by atoms with E-state index in [0.29, 0.717) is 47.0 Å². The quantitative estimate of drug-likeness (QED) is 0.638. The minimum absolute atomic E-state index is 0.260. The molecule has 2 aromatic carbocycles. The molecule has 1 aliphatic heterocycles. The number of nitrogens with zero attached hydrogens (tertiary/aromatic N) is 3. The van der Waals surface area contributed by atoms with Crippen molar-refractivity contribution in [3.8, 4) is 11.5 Å². The maximum atomic E-state index is 13.3. The summed E-state index contributed by atoms with van der Waals surface area (Å²) in [6.07, 6.45) is -4.59. The minimum atomic E-state index is -4.59. The second kappa shape index (κ2) is 8.68. The fraction of sp³-hybridized carbons (Fsp3) is 0.304. The third-order valence-electron chi connectivity index (χ3n) is 5.69. The fourth-order valence-corrected chi connectivity index (χ4v) is 3.95. The number of benzene rings is 2. The molecule has 1 amide bonds. The number of aromatic nitrogens is 1. The number of carbonyl (C=O) groups excluding carboxylic acids is 1. The van der Waals surface area contributed by atoms with Crippen molar-refractivity contribution in [2.24, 2.45) is 0 Å². The van der Waals surface area contributed by atoms with Crippen LogP contribution >= 0.6 is 0 Å².